The van der Waals surface area contributed by atoms with Crippen LogP contribution < -0.4 is 4.31 Å². The molecule has 0 aromatic heterocycles. The molecule has 0 fully saturated rings. The molecule has 0 unspecified atom stereocenters. The third kappa shape index (κ3) is 4.55. The van der Waals surface area contributed by atoms with Gasteiger partial charge in [0.05, 0.1) is 21.2 Å². The Morgan fingerprint density at radius 1 is 0.867 bits per heavy atom. The average molecular weight is 423 g/mol. The molecule has 0 aliphatic rings. The van der Waals surface area contributed by atoms with Crippen molar-refractivity contribution in [1.29, 1.82) is 0 Å². The van der Waals surface area contributed by atoms with Crippen LogP contribution in [0.4, 0.5) is 17.1 Å². The van der Waals surface area contributed by atoms with Crippen molar-refractivity contribution >= 4 is 32.9 Å². The van der Waals surface area contributed by atoms with Crippen molar-refractivity contribution in [3.8, 4) is 0 Å². The second kappa shape index (κ2) is 8.46. The van der Waals surface area contributed by atoms with E-state index in [9.17, 15) is 18.5 Å². The van der Waals surface area contributed by atoms with Gasteiger partial charge in [-0.15, -0.1) is 0 Å². The van der Waals surface area contributed by atoms with E-state index in [1.165, 1.54) is 36.4 Å². The number of nitro benzene ring substituents is 1. The fraction of sp³-hybridized carbons (Fsp3) is 0.136. The summed E-state index contributed by atoms with van der Waals surface area (Å²) in [4.78, 5) is 15.0. The lowest BCUT2D eigenvalue weighted by molar-refractivity contribution is -0.384. The lowest BCUT2D eigenvalue weighted by Gasteiger charge is -2.24. The molecule has 0 aliphatic carbocycles. The van der Waals surface area contributed by atoms with Crippen LogP contribution in [0.3, 0.4) is 0 Å². The van der Waals surface area contributed by atoms with E-state index in [2.05, 4.69) is 4.99 Å². The molecule has 3 aromatic carbocycles. The quantitative estimate of drug-likeness (QED) is 0.245. The molecular weight excluding hydrogens is 402 g/mol. The third-order valence-corrected chi connectivity index (χ3v) is 6.30. The molecule has 0 radical (unpaired) electrons. The number of hydrogen-bond donors (Lipinski definition) is 0. The second-order valence-electron chi connectivity index (χ2n) is 6.85. The summed E-state index contributed by atoms with van der Waals surface area (Å²) in [6.45, 7) is 5.41. The number of nitro groups is 1. The number of aliphatic imine (C=N–C) groups is 1. The minimum atomic E-state index is -4.00. The maximum atomic E-state index is 13.5. The molecule has 0 saturated heterocycles. The second-order valence-corrected chi connectivity index (χ2v) is 8.64. The van der Waals surface area contributed by atoms with Crippen LogP contribution in [0.25, 0.3) is 0 Å². The highest BCUT2D eigenvalue weighted by Crippen LogP contribution is 2.28. The molecule has 0 saturated carbocycles. The maximum absolute atomic E-state index is 13.5. The number of sulfonamides is 1. The Hall–Kier alpha value is -3.52. The molecule has 0 atom stereocenters. The van der Waals surface area contributed by atoms with Crippen LogP contribution in [-0.4, -0.2) is 19.2 Å². The summed E-state index contributed by atoms with van der Waals surface area (Å²) in [5.41, 5.74) is 2.73. The number of aryl methyl sites for hydroxylation is 2. The van der Waals surface area contributed by atoms with Gasteiger partial charge in [0.1, 0.15) is 5.84 Å². The number of amidine groups is 1. The zero-order chi connectivity index (χ0) is 21.9. The van der Waals surface area contributed by atoms with Crippen molar-refractivity contribution in [1.82, 2.24) is 0 Å². The first-order chi connectivity index (χ1) is 14.2. The Morgan fingerprint density at radius 3 is 1.87 bits per heavy atom. The molecule has 154 valence electrons. The molecule has 30 heavy (non-hydrogen) atoms. The molecule has 0 bridgehead atoms. The first-order valence-corrected chi connectivity index (χ1v) is 10.6. The van der Waals surface area contributed by atoms with Crippen LogP contribution in [0, 0.1) is 24.0 Å². The van der Waals surface area contributed by atoms with E-state index in [1.54, 1.807) is 31.2 Å². The smallest absolute Gasteiger partial charge is 0.258 e. The average Bonchev–Trinajstić information content (AvgIpc) is 2.70. The molecule has 0 N–H and O–H groups in total. The Labute approximate surface area is 175 Å². The van der Waals surface area contributed by atoms with Gasteiger partial charge in [0.2, 0.25) is 0 Å². The van der Waals surface area contributed by atoms with Gasteiger partial charge < -0.3 is 0 Å². The van der Waals surface area contributed by atoms with Crippen LogP contribution >= 0.6 is 0 Å². The highest BCUT2D eigenvalue weighted by molar-refractivity contribution is 7.93. The molecular formula is C22H21N3O4S. The number of nitrogens with zero attached hydrogens (tertiary/aromatic N) is 3. The molecule has 0 heterocycles. The van der Waals surface area contributed by atoms with Crippen LogP contribution in [0.15, 0.2) is 82.7 Å². The Kier molecular flexibility index (Phi) is 5.98. The Bertz CT molecular complexity index is 1180. The number of anilines is 1. The maximum Gasteiger partial charge on any atom is 0.269 e. The molecule has 3 rings (SSSR count). The zero-order valence-corrected chi connectivity index (χ0v) is 17.6. The first kappa shape index (κ1) is 21.2. The summed E-state index contributed by atoms with van der Waals surface area (Å²) in [6, 6.07) is 19.2. The lowest BCUT2D eigenvalue weighted by Crippen LogP contribution is -2.35. The molecule has 0 aliphatic heterocycles. The van der Waals surface area contributed by atoms with Crippen molar-refractivity contribution in [2.45, 2.75) is 25.7 Å². The van der Waals surface area contributed by atoms with Gasteiger partial charge in [0.25, 0.3) is 15.7 Å². The molecule has 7 nitrogen and oxygen atoms in total. The van der Waals surface area contributed by atoms with Crippen LogP contribution in [-0.2, 0) is 10.0 Å². The van der Waals surface area contributed by atoms with Crippen molar-refractivity contribution < 1.29 is 13.3 Å². The number of rotatable bonds is 5. The van der Waals surface area contributed by atoms with Crippen molar-refractivity contribution in [3.63, 3.8) is 0 Å². The van der Waals surface area contributed by atoms with Crippen LogP contribution in [0.1, 0.15) is 18.1 Å². The van der Waals surface area contributed by atoms with Crippen molar-refractivity contribution in [2.24, 2.45) is 4.99 Å². The molecule has 0 amide bonds. The summed E-state index contributed by atoms with van der Waals surface area (Å²) in [5.74, 6) is 0.216. The topological polar surface area (TPSA) is 92.9 Å². The normalized spacial score (nSPS) is 11.9. The summed E-state index contributed by atoms with van der Waals surface area (Å²) in [6.07, 6.45) is 0. The fourth-order valence-electron chi connectivity index (χ4n) is 2.88. The highest BCUT2D eigenvalue weighted by Gasteiger charge is 2.28. The van der Waals surface area contributed by atoms with E-state index in [-0.39, 0.29) is 22.1 Å². The minimum Gasteiger partial charge on any atom is -0.258 e. The number of benzene rings is 3. The van der Waals surface area contributed by atoms with Crippen molar-refractivity contribution in [2.75, 3.05) is 4.31 Å². The number of hydrogen-bond acceptors (Lipinski definition) is 5. The van der Waals surface area contributed by atoms with E-state index in [0.717, 1.165) is 15.4 Å². The summed E-state index contributed by atoms with van der Waals surface area (Å²) in [5, 5.41) is 11.0. The lowest BCUT2D eigenvalue weighted by atomic mass is 10.2. The minimum absolute atomic E-state index is 0.102. The van der Waals surface area contributed by atoms with E-state index < -0.39 is 14.9 Å². The third-order valence-electron chi connectivity index (χ3n) is 4.47. The highest BCUT2D eigenvalue weighted by atomic mass is 32.2. The Balaban J connectivity index is 2.13. The Morgan fingerprint density at radius 2 is 1.37 bits per heavy atom. The number of non-ortho nitro benzene ring substituents is 1. The van der Waals surface area contributed by atoms with Gasteiger partial charge in [0.15, 0.2) is 0 Å². The molecule has 8 heteroatoms. The predicted octanol–water partition coefficient (Wildman–Crippen LogP) is 5.16. The SMILES string of the molecule is CC(=Nc1ccc(C)cc1)N(c1ccc([N+](=O)[O-])cc1)S(=O)(=O)c1ccc(C)cc1. The van der Waals surface area contributed by atoms with Crippen LogP contribution in [0.2, 0.25) is 0 Å². The molecule has 3 aromatic rings. The van der Waals surface area contributed by atoms with E-state index in [4.69, 9.17) is 0 Å². The first-order valence-electron chi connectivity index (χ1n) is 9.17. The summed E-state index contributed by atoms with van der Waals surface area (Å²) in [7, 11) is -4.00. The zero-order valence-electron chi connectivity index (χ0n) is 16.8. The van der Waals surface area contributed by atoms with E-state index in [1.807, 2.05) is 26.0 Å². The van der Waals surface area contributed by atoms with Gasteiger partial charge in [-0.3, -0.25) is 10.1 Å². The van der Waals surface area contributed by atoms with Gasteiger partial charge >= 0.3 is 0 Å². The predicted molar refractivity (Wildman–Crippen MR) is 118 cm³/mol. The van der Waals surface area contributed by atoms with Gasteiger partial charge in [0, 0.05) is 12.1 Å². The fourth-order valence-corrected chi connectivity index (χ4v) is 4.36. The monoisotopic (exact) mass is 423 g/mol. The van der Waals surface area contributed by atoms with Gasteiger partial charge in [-0.05, 0) is 57.2 Å². The largest absolute Gasteiger partial charge is 0.269 e. The van der Waals surface area contributed by atoms with Gasteiger partial charge in [-0.2, -0.15) is 0 Å². The van der Waals surface area contributed by atoms with Gasteiger partial charge in [-0.1, -0.05) is 35.4 Å². The van der Waals surface area contributed by atoms with Gasteiger partial charge in [-0.25, -0.2) is 17.7 Å². The van der Waals surface area contributed by atoms with E-state index >= 15 is 0 Å². The molecule has 0 spiro atoms. The van der Waals surface area contributed by atoms with Crippen LogP contribution in [0.5, 0.6) is 0 Å². The van der Waals surface area contributed by atoms with Crippen molar-refractivity contribution in [3.05, 3.63) is 94.0 Å². The summed E-state index contributed by atoms with van der Waals surface area (Å²) >= 11 is 0. The summed E-state index contributed by atoms with van der Waals surface area (Å²) < 4.78 is 28.0. The van der Waals surface area contributed by atoms with E-state index in [0.29, 0.717) is 5.69 Å². The standard InChI is InChI=1S/C22H21N3O4S/c1-16-4-8-19(9-5-16)23-18(3)24(20-10-12-21(13-11-20)25(26)27)30(28,29)22-14-6-17(2)7-15-22/h4-15H,1-3H3.